The highest BCUT2D eigenvalue weighted by molar-refractivity contribution is 5.29. The molecule has 2 nitrogen and oxygen atoms in total. The smallest absolute Gasteiger partial charge is 0.119 e. The van der Waals surface area contributed by atoms with E-state index in [2.05, 4.69) is 6.92 Å². The van der Waals surface area contributed by atoms with Crippen LogP contribution in [0.3, 0.4) is 0 Å². The first-order chi connectivity index (χ1) is 8.65. The van der Waals surface area contributed by atoms with Crippen LogP contribution in [-0.4, -0.2) is 11.7 Å². The van der Waals surface area contributed by atoms with E-state index in [1.807, 2.05) is 31.2 Å². The van der Waals surface area contributed by atoms with Crippen LogP contribution in [0.5, 0.6) is 5.75 Å². The van der Waals surface area contributed by atoms with E-state index in [4.69, 9.17) is 4.74 Å². The molecule has 1 aliphatic carbocycles. The van der Waals surface area contributed by atoms with Crippen LogP contribution in [-0.2, 0) is 0 Å². The maximum Gasteiger partial charge on any atom is 0.119 e. The van der Waals surface area contributed by atoms with Crippen molar-refractivity contribution >= 4 is 0 Å². The zero-order valence-corrected chi connectivity index (χ0v) is 11.5. The summed E-state index contributed by atoms with van der Waals surface area (Å²) < 4.78 is 5.43. The van der Waals surface area contributed by atoms with Crippen LogP contribution >= 0.6 is 0 Å². The summed E-state index contributed by atoms with van der Waals surface area (Å²) in [6.07, 6.45) is 5.69. The lowest BCUT2D eigenvalue weighted by Gasteiger charge is -2.38. The first kappa shape index (κ1) is 13.4. The van der Waals surface area contributed by atoms with Crippen LogP contribution < -0.4 is 4.74 Å². The lowest BCUT2D eigenvalue weighted by atomic mass is 9.70. The van der Waals surface area contributed by atoms with Gasteiger partial charge in [-0.05, 0) is 42.9 Å². The lowest BCUT2D eigenvalue weighted by Crippen LogP contribution is -2.28. The van der Waals surface area contributed by atoms with Crippen LogP contribution in [0.2, 0.25) is 0 Å². The van der Waals surface area contributed by atoms with Crippen LogP contribution in [0.15, 0.2) is 24.3 Å². The highest BCUT2D eigenvalue weighted by atomic mass is 16.5. The molecule has 2 rings (SSSR count). The summed E-state index contributed by atoms with van der Waals surface area (Å²) in [6, 6.07) is 7.90. The zero-order valence-electron chi connectivity index (χ0n) is 11.5. The molecule has 0 aromatic heterocycles. The topological polar surface area (TPSA) is 29.5 Å². The molecule has 1 aromatic carbocycles. The summed E-state index contributed by atoms with van der Waals surface area (Å²) in [5.41, 5.74) is 1.06. The second-order valence-electron chi connectivity index (χ2n) is 5.62. The van der Waals surface area contributed by atoms with E-state index in [1.54, 1.807) is 0 Å². The van der Waals surface area contributed by atoms with Crippen molar-refractivity contribution in [2.75, 3.05) is 6.61 Å². The molecule has 1 fully saturated rings. The van der Waals surface area contributed by atoms with Gasteiger partial charge in [0.1, 0.15) is 5.75 Å². The van der Waals surface area contributed by atoms with Crippen molar-refractivity contribution in [2.24, 2.45) is 5.41 Å². The van der Waals surface area contributed by atoms with Gasteiger partial charge in [-0.2, -0.15) is 0 Å². The van der Waals surface area contributed by atoms with Crippen molar-refractivity contribution in [3.05, 3.63) is 29.8 Å². The van der Waals surface area contributed by atoms with Gasteiger partial charge in [0.05, 0.1) is 12.7 Å². The fourth-order valence-corrected chi connectivity index (χ4v) is 2.95. The Labute approximate surface area is 110 Å². The molecule has 18 heavy (non-hydrogen) atoms. The number of hydrogen-bond acceptors (Lipinski definition) is 2. The molecule has 1 atom stereocenters. The van der Waals surface area contributed by atoms with E-state index < -0.39 is 0 Å². The Morgan fingerprint density at radius 1 is 1.17 bits per heavy atom. The molecular formula is C16H24O2. The summed E-state index contributed by atoms with van der Waals surface area (Å²) in [4.78, 5) is 0. The highest BCUT2D eigenvalue weighted by Crippen LogP contribution is 2.45. The number of benzene rings is 1. The minimum Gasteiger partial charge on any atom is -0.494 e. The highest BCUT2D eigenvalue weighted by Gasteiger charge is 2.35. The molecule has 100 valence electrons. The van der Waals surface area contributed by atoms with E-state index in [0.29, 0.717) is 6.61 Å². The number of aliphatic hydroxyl groups excluding tert-OH is 1. The molecule has 0 aliphatic heterocycles. The molecule has 0 bridgehead atoms. The normalized spacial score (nSPS) is 20.4. The lowest BCUT2D eigenvalue weighted by molar-refractivity contribution is 0.00816. The van der Waals surface area contributed by atoms with Crippen molar-refractivity contribution in [1.82, 2.24) is 0 Å². The van der Waals surface area contributed by atoms with E-state index in [9.17, 15) is 5.11 Å². The summed E-state index contributed by atoms with van der Waals surface area (Å²) in [7, 11) is 0. The maximum absolute atomic E-state index is 10.6. The first-order valence-electron chi connectivity index (χ1n) is 7.06. The van der Waals surface area contributed by atoms with Crippen molar-refractivity contribution in [2.45, 2.75) is 52.1 Å². The van der Waals surface area contributed by atoms with Gasteiger partial charge in [0.2, 0.25) is 0 Å². The standard InChI is InChI=1S/C16H24O2/c1-3-18-14-9-7-13(8-10-14)15(17)16(2)11-5-4-6-12-16/h7-10,15,17H,3-6,11-12H2,1-2H3. The molecule has 0 saturated heterocycles. The predicted molar refractivity (Wildman–Crippen MR) is 73.8 cm³/mol. The molecular weight excluding hydrogens is 224 g/mol. The Hall–Kier alpha value is -1.02. The average molecular weight is 248 g/mol. The molecule has 1 aromatic rings. The number of aliphatic hydroxyl groups is 1. The predicted octanol–water partition coefficient (Wildman–Crippen LogP) is 4.09. The molecule has 2 heteroatoms. The quantitative estimate of drug-likeness (QED) is 0.869. The summed E-state index contributed by atoms with van der Waals surface area (Å²) >= 11 is 0. The molecule has 1 saturated carbocycles. The van der Waals surface area contributed by atoms with Gasteiger partial charge in [-0.15, -0.1) is 0 Å². The van der Waals surface area contributed by atoms with Gasteiger partial charge >= 0.3 is 0 Å². The molecule has 0 heterocycles. The molecule has 0 amide bonds. The minimum absolute atomic E-state index is 0.0470. The molecule has 0 spiro atoms. The van der Waals surface area contributed by atoms with Crippen LogP contribution in [0.1, 0.15) is 57.6 Å². The van der Waals surface area contributed by atoms with Gasteiger partial charge in [-0.1, -0.05) is 38.3 Å². The zero-order chi connectivity index (χ0) is 13.0. The van der Waals surface area contributed by atoms with Crippen LogP contribution in [0.25, 0.3) is 0 Å². The van der Waals surface area contributed by atoms with Crippen molar-refractivity contribution < 1.29 is 9.84 Å². The number of hydrogen-bond donors (Lipinski definition) is 1. The third-order valence-electron chi connectivity index (χ3n) is 4.16. The Bertz CT molecular complexity index is 363. The van der Waals surface area contributed by atoms with Crippen LogP contribution in [0, 0.1) is 5.41 Å². The SMILES string of the molecule is CCOc1ccc(C(O)C2(C)CCCCC2)cc1. The Morgan fingerprint density at radius 2 is 1.78 bits per heavy atom. The van der Waals surface area contributed by atoms with Crippen LogP contribution in [0.4, 0.5) is 0 Å². The maximum atomic E-state index is 10.6. The summed E-state index contributed by atoms with van der Waals surface area (Å²) in [6.45, 7) is 4.87. The van der Waals surface area contributed by atoms with E-state index in [0.717, 1.165) is 24.2 Å². The van der Waals surface area contributed by atoms with Gasteiger partial charge in [0.15, 0.2) is 0 Å². The van der Waals surface area contributed by atoms with Gasteiger partial charge < -0.3 is 9.84 Å². The number of ether oxygens (including phenoxy) is 1. The molecule has 1 aliphatic rings. The van der Waals surface area contributed by atoms with Crippen molar-refractivity contribution in [1.29, 1.82) is 0 Å². The second kappa shape index (κ2) is 5.75. The first-order valence-corrected chi connectivity index (χ1v) is 7.06. The van der Waals surface area contributed by atoms with Gasteiger partial charge in [-0.3, -0.25) is 0 Å². The Morgan fingerprint density at radius 3 is 2.33 bits per heavy atom. The van der Waals surface area contributed by atoms with Crippen molar-refractivity contribution in [3.8, 4) is 5.75 Å². The Balaban J connectivity index is 2.09. The summed E-state index contributed by atoms with van der Waals surface area (Å²) in [5.74, 6) is 0.877. The third-order valence-corrected chi connectivity index (χ3v) is 4.16. The monoisotopic (exact) mass is 248 g/mol. The molecule has 1 N–H and O–H groups in total. The van der Waals surface area contributed by atoms with Gasteiger partial charge in [-0.25, -0.2) is 0 Å². The van der Waals surface area contributed by atoms with E-state index >= 15 is 0 Å². The second-order valence-corrected chi connectivity index (χ2v) is 5.62. The fourth-order valence-electron chi connectivity index (χ4n) is 2.95. The molecule has 0 radical (unpaired) electrons. The van der Waals surface area contributed by atoms with E-state index in [-0.39, 0.29) is 11.5 Å². The van der Waals surface area contributed by atoms with Crippen molar-refractivity contribution in [3.63, 3.8) is 0 Å². The minimum atomic E-state index is -0.353. The third kappa shape index (κ3) is 2.86. The van der Waals surface area contributed by atoms with Gasteiger partial charge in [0.25, 0.3) is 0 Å². The largest absolute Gasteiger partial charge is 0.494 e. The molecule has 1 unspecified atom stereocenters. The number of rotatable bonds is 4. The van der Waals surface area contributed by atoms with Gasteiger partial charge in [0, 0.05) is 0 Å². The van der Waals surface area contributed by atoms with E-state index in [1.165, 1.54) is 19.3 Å². The average Bonchev–Trinajstić information content (AvgIpc) is 2.40. The summed E-state index contributed by atoms with van der Waals surface area (Å²) in [5, 5.41) is 10.6. The fraction of sp³-hybridized carbons (Fsp3) is 0.625. The Kier molecular flexibility index (Phi) is 4.28.